The number of azide groups is 1. The third-order valence-corrected chi connectivity index (χ3v) is 7.29. The van der Waals surface area contributed by atoms with Gasteiger partial charge >= 0.3 is 0 Å². The predicted molar refractivity (Wildman–Crippen MR) is 161 cm³/mol. The number of hydrogen-bond donors (Lipinski definition) is 2. The number of piperidine rings is 1. The molecule has 0 bridgehead atoms. The van der Waals surface area contributed by atoms with Crippen molar-refractivity contribution in [2.24, 2.45) is 5.11 Å². The highest BCUT2D eigenvalue weighted by molar-refractivity contribution is 5.98. The summed E-state index contributed by atoms with van der Waals surface area (Å²) in [5.74, 6) is 0.0603. The number of carbonyl (C=O) groups is 2. The zero-order valence-corrected chi connectivity index (χ0v) is 22.6. The second-order valence-electron chi connectivity index (χ2n) is 10.2. The van der Waals surface area contributed by atoms with Crippen LogP contribution < -0.4 is 10.2 Å². The van der Waals surface area contributed by atoms with E-state index in [1.165, 1.54) is 0 Å². The van der Waals surface area contributed by atoms with E-state index in [2.05, 4.69) is 20.2 Å². The van der Waals surface area contributed by atoms with Crippen LogP contribution in [0.2, 0.25) is 0 Å². The molecule has 2 N–H and O–H groups in total. The Labute approximate surface area is 238 Å². The van der Waals surface area contributed by atoms with E-state index in [9.17, 15) is 14.7 Å². The lowest BCUT2D eigenvalue weighted by Gasteiger charge is -2.31. The van der Waals surface area contributed by atoms with Crippen molar-refractivity contribution >= 4 is 34.3 Å². The maximum atomic E-state index is 12.9. The van der Waals surface area contributed by atoms with Gasteiger partial charge in [0.25, 0.3) is 0 Å². The average Bonchev–Trinajstić information content (AvgIpc) is 3.00. The van der Waals surface area contributed by atoms with Crippen molar-refractivity contribution in [2.45, 2.75) is 31.8 Å². The third kappa shape index (κ3) is 7.39. The number of nitrogens with zero attached hydrogens (tertiary/aromatic N) is 4. The Kier molecular flexibility index (Phi) is 8.74. The molecule has 1 fully saturated rings. The van der Waals surface area contributed by atoms with Crippen molar-refractivity contribution < 1.29 is 14.7 Å². The molecule has 8 nitrogen and oxygen atoms in total. The molecule has 1 saturated heterocycles. The fourth-order valence-corrected chi connectivity index (χ4v) is 4.90. The Morgan fingerprint density at radius 1 is 0.756 bits per heavy atom. The number of benzene rings is 4. The Morgan fingerprint density at radius 3 is 1.68 bits per heavy atom. The number of aliphatic hydroxyl groups excluding tert-OH is 1. The van der Waals surface area contributed by atoms with Crippen molar-refractivity contribution in [3.05, 3.63) is 130 Å². The standard InChI is InChI=1S/C33H31N5O3/c34-37-36-29-13-5-25(6-14-29)32(40)21-23-1-9-27(10-2-23)35-28-11-3-24(4-12-28)22-33(41)26-7-15-30(16-8-26)38-19-17-31(39)18-20-38/h1-16,31,35,39H,17-22H2. The van der Waals surface area contributed by atoms with E-state index >= 15 is 0 Å². The van der Waals surface area contributed by atoms with Crippen LogP contribution in [0.4, 0.5) is 22.7 Å². The fourth-order valence-electron chi connectivity index (χ4n) is 4.90. The molecule has 0 atom stereocenters. The van der Waals surface area contributed by atoms with Crippen LogP contribution in [0.3, 0.4) is 0 Å². The highest BCUT2D eigenvalue weighted by atomic mass is 16.3. The van der Waals surface area contributed by atoms with Gasteiger partial charge in [-0.05, 0) is 78.0 Å². The van der Waals surface area contributed by atoms with Gasteiger partial charge in [0.05, 0.1) is 6.10 Å². The molecule has 4 aromatic rings. The summed E-state index contributed by atoms with van der Waals surface area (Å²) in [5, 5.41) is 16.6. The molecule has 0 amide bonds. The van der Waals surface area contributed by atoms with Crippen molar-refractivity contribution in [2.75, 3.05) is 23.3 Å². The van der Waals surface area contributed by atoms with Gasteiger partial charge in [0, 0.05) is 64.7 Å². The number of ketones is 2. The van der Waals surface area contributed by atoms with Crippen LogP contribution in [0.1, 0.15) is 44.7 Å². The topological polar surface area (TPSA) is 118 Å². The van der Waals surface area contributed by atoms with Gasteiger partial charge in [0.2, 0.25) is 0 Å². The Hall–Kier alpha value is -4.91. The number of anilines is 3. The molecule has 0 unspecified atom stereocenters. The van der Waals surface area contributed by atoms with Crippen molar-refractivity contribution in [3.63, 3.8) is 0 Å². The molecule has 5 rings (SSSR count). The van der Waals surface area contributed by atoms with E-state index in [1.54, 1.807) is 24.3 Å². The Balaban J connectivity index is 1.12. The van der Waals surface area contributed by atoms with Crippen LogP contribution in [0.5, 0.6) is 0 Å². The smallest absolute Gasteiger partial charge is 0.167 e. The lowest BCUT2D eigenvalue weighted by Crippen LogP contribution is -2.35. The first-order valence-corrected chi connectivity index (χ1v) is 13.7. The Morgan fingerprint density at radius 2 is 1.22 bits per heavy atom. The molecule has 0 radical (unpaired) electrons. The first-order valence-electron chi connectivity index (χ1n) is 13.7. The summed E-state index contributed by atoms with van der Waals surface area (Å²) in [4.78, 5) is 30.4. The fraction of sp³-hybridized carbons (Fsp3) is 0.212. The summed E-state index contributed by atoms with van der Waals surface area (Å²) in [7, 11) is 0. The van der Waals surface area contributed by atoms with E-state index in [4.69, 9.17) is 5.53 Å². The summed E-state index contributed by atoms with van der Waals surface area (Å²) >= 11 is 0. The monoisotopic (exact) mass is 545 g/mol. The van der Waals surface area contributed by atoms with Gasteiger partial charge in [-0.15, -0.1) is 0 Å². The normalized spacial score (nSPS) is 13.3. The minimum atomic E-state index is -0.208. The molecule has 0 saturated carbocycles. The molecule has 0 aromatic heterocycles. The van der Waals surface area contributed by atoms with Gasteiger partial charge in [-0.2, -0.15) is 0 Å². The molecule has 4 aromatic carbocycles. The molecule has 8 heteroatoms. The molecule has 1 heterocycles. The van der Waals surface area contributed by atoms with Crippen molar-refractivity contribution in [1.82, 2.24) is 0 Å². The molecule has 0 spiro atoms. The number of rotatable bonds is 10. The van der Waals surface area contributed by atoms with E-state index in [0.29, 0.717) is 23.2 Å². The van der Waals surface area contributed by atoms with Gasteiger partial charge in [-0.3, -0.25) is 9.59 Å². The number of hydrogen-bond acceptors (Lipinski definition) is 6. The van der Waals surface area contributed by atoms with Gasteiger partial charge < -0.3 is 15.3 Å². The SMILES string of the molecule is [N-]=[N+]=Nc1ccc(C(=O)Cc2ccc(Nc3ccc(CC(=O)c4ccc(N5CCC(O)CC5)cc4)cc3)cc2)cc1. The van der Waals surface area contributed by atoms with Gasteiger partial charge in [0.15, 0.2) is 11.6 Å². The number of nitrogens with one attached hydrogen (secondary N) is 1. The van der Waals surface area contributed by atoms with Crippen LogP contribution in [0.15, 0.2) is 102 Å². The number of carbonyl (C=O) groups excluding carboxylic acids is 2. The summed E-state index contributed by atoms with van der Waals surface area (Å²) in [5.41, 5.74) is 15.0. The first-order chi connectivity index (χ1) is 20.0. The van der Waals surface area contributed by atoms with E-state index in [1.807, 2.05) is 72.8 Å². The highest BCUT2D eigenvalue weighted by Gasteiger charge is 2.17. The average molecular weight is 546 g/mol. The summed E-state index contributed by atoms with van der Waals surface area (Å²) in [6.45, 7) is 1.66. The van der Waals surface area contributed by atoms with E-state index in [-0.39, 0.29) is 24.1 Å². The largest absolute Gasteiger partial charge is 0.393 e. The maximum absolute atomic E-state index is 12.9. The molecular weight excluding hydrogens is 514 g/mol. The first kappa shape index (κ1) is 27.6. The molecule has 41 heavy (non-hydrogen) atoms. The predicted octanol–water partition coefficient (Wildman–Crippen LogP) is 7.18. The van der Waals surface area contributed by atoms with Crippen molar-refractivity contribution in [3.8, 4) is 0 Å². The summed E-state index contributed by atoms with van der Waals surface area (Å²) < 4.78 is 0. The minimum absolute atomic E-state index is 0.0120. The van der Waals surface area contributed by atoms with Crippen molar-refractivity contribution in [1.29, 1.82) is 0 Å². The van der Waals surface area contributed by atoms with Gasteiger partial charge in [-0.1, -0.05) is 53.6 Å². The van der Waals surface area contributed by atoms with E-state index < -0.39 is 0 Å². The molecule has 206 valence electrons. The second kappa shape index (κ2) is 13.0. The van der Waals surface area contributed by atoms with Crippen LogP contribution in [-0.2, 0) is 12.8 Å². The molecule has 0 aliphatic carbocycles. The summed E-state index contributed by atoms with van der Waals surface area (Å²) in [6, 6.07) is 29.8. The number of aliphatic hydroxyl groups is 1. The van der Waals surface area contributed by atoms with Gasteiger partial charge in [-0.25, -0.2) is 0 Å². The maximum Gasteiger partial charge on any atom is 0.167 e. The van der Waals surface area contributed by atoms with E-state index in [0.717, 1.165) is 54.1 Å². The molecule has 1 aliphatic rings. The summed E-state index contributed by atoms with van der Waals surface area (Å²) in [6.07, 6.45) is 1.94. The second-order valence-corrected chi connectivity index (χ2v) is 10.2. The van der Waals surface area contributed by atoms with Crippen LogP contribution >= 0.6 is 0 Å². The minimum Gasteiger partial charge on any atom is -0.393 e. The van der Waals surface area contributed by atoms with Crippen LogP contribution in [0.25, 0.3) is 10.4 Å². The zero-order chi connectivity index (χ0) is 28.6. The zero-order valence-electron chi connectivity index (χ0n) is 22.6. The Bertz CT molecular complexity index is 1540. The third-order valence-electron chi connectivity index (χ3n) is 7.29. The molecule has 1 aliphatic heterocycles. The quantitative estimate of drug-likeness (QED) is 0.0947. The van der Waals surface area contributed by atoms with Crippen LogP contribution in [0, 0.1) is 0 Å². The molecular formula is C33H31N5O3. The lowest BCUT2D eigenvalue weighted by atomic mass is 10.0. The highest BCUT2D eigenvalue weighted by Crippen LogP contribution is 2.23. The number of Topliss-reactive ketones (excluding diaryl/α,β-unsaturated/α-hetero) is 2. The van der Waals surface area contributed by atoms with Gasteiger partial charge in [0.1, 0.15) is 0 Å². The lowest BCUT2D eigenvalue weighted by molar-refractivity contribution is 0.0985. The van der Waals surface area contributed by atoms with Crippen LogP contribution in [-0.4, -0.2) is 35.9 Å².